The zero-order chi connectivity index (χ0) is 22.8. The van der Waals surface area contributed by atoms with Crippen molar-refractivity contribution >= 4 is 11.7 Å². The molecule has 2 aromatic rings. The fourth-order valence-electron chi connectivity index (χ4n) is 4.19. The Balaban J connectivity index is 1.47. The number of carboxylic acids is 1. The normalized spacial score (nSPS) is 19.7. The van der Waals surface area contributed by atoms with E-state index in [2.05, 4.69) is 5.32 Å². The average molecular weight is 454 g/mol. The van der Waals surface area contributed by atoms with Crippen LogP contribution in [0, 0.1) is 0 Å². The zero-order valence-electron chi connectivity index (χ0n) is 19.0. The van der Waals surface area contributed by atoms with Gasteiger partial charge in [-0.3, -0.25) is 0 Å². The highest BCUT2D eigenvalue weighted by molar-refractivity contribution is 5.83. The summed E-state index contributed by atoms with van der Waals surface area (Å²) in [6.07, 6.45) is 5.82. The number of hydrogen-bond donors (Lipinski definition) is 2. The van der Waals surface area contributed by atoms with E-state index in [1.54, 1.807) is 7.11 Å². The van der Waals surface area contributed by atoms with Crippen LogP contribution in [0.2, 0.25) is 0 Å². The molecule has 0 aromatic heterocycles. The number of nitrogens with one attached hydrogen (secondary N) is 1. The van der Waals surface area contributed by atoms with Crippen molar-refractivity contribution < 1.29 is 28.8 Å². The highest BCUT2D eigenvalue weighted by atomic mass is 16.5. The van der Waals surface area contributed by atoms with Gasteiger partial charge in [-0.2, -0.15) is 0 Å². The van der Waals surface area contributed by atoms with Gasteiger partial charge in [-0.1, -0.05) is 6.07 Å². The molecule has 0 radical (unpaired) electrons. The van der Waals surface area contributed by atoms with Crippen LogP contribution in [0.1, 0.15) is 44.1 Å². The molecule has 7 heteroatoms. The van der Waals surface area contributed by atoms with Crippen molar-refractivity contribution in [3.05, 3.63) is 42.0 Å². The number of hydrogen-bond acceptors (Lipinski definition) is 6. The third-order valence-electron chi connectivity index (χ3n) is 6.50. The molecular formula is C26H31NO6. The maximum atomic E-state index is 12.1. The summed E-state index contributed by atoms with van der Waals surface area (Å²) >= 11 is 0. The van der Waals surface area contributed by atoms with Gasteiger partial charge in [0, 0.05) is 37.8 Å². The zero-order valence-corrected chi connectivity index (χ0v) is 19.0. The summed E-state index contributed by atoms with van der Waals surface area (Å²) in [5.41, 5.74) is 2.78. The Hall–Kier alpha value is -2.77. The van der Waals surface area contributed by atoms with Gasteiger partial charge < -0.3 is 29.4 Å². The largest absolute Gasteiger partial charge is 0.497 e. The summed E-state index contributed by atoms with van der Waals surface area (Å²) in [7, 11) is 1.66. The first-order chi connectivity index (χ1) is 16.0. The van der Waals surface area contributed by atoms with Gasteiger partial charge in [-0.15, -0.1) is 0 Å². The van der Waals surface area contributed by atoms with Gasteiger partial charge in [0.1, 0.15) is 17.0 Å². The first kappa shape index (κ1) is 22.0. The van der Waals surface area contributed by atoms with Crippen molar-refractivity contribution in [3.8, 4) is 22.6 Å². The van der Waals surface area contributed by atoms with E-state index >= 15 is 0 Å². The molecule has 2 aliphatic carbocycles. The molecule has 176 valence electrons. The Bertz CT molecular complexity index is 1010. The smallest absolute Gasteiger partial charge is 0.329 e. The molecule has 2 saturated carbocycles. The fraction of sp³-hybridized carbons (Fsp3) is 0.500. The summed E-state index contributed by atoms with van der Waals surface area (Å²) in [5, 5.41) is 13.2. The number of aliphatic carboxylic acids is 1. The fourth-order valence-corrected chi connectivity index (χ4v) is 4.19. The molecule has 0 spiro atoms. The number of methoxy groups -OCH3 is 1. The van der Waals surface area contributed by atoms with Crippen molar-refractivity contribution in [1.82, 2.24) is 0 Å². The Morgan fingerprint density at radius 3 is 2.45 bits per heavy atom. The first-order valence-electron chi connectivity index (χ1n) is 11.7. The van der Waals surface area contributed by atoms with E-state index < -0.39 is 11.5 Å². The van der Waals surface area contributed by atoms with Crippen molar-refractivity contribution in [1.29, 1.82) is 0 Å². The van der Waals surface area contributed by atoms with Gasteiger partial charge >= 0.3 is 5.97 Å². The van der Waals surface area contributed by atoms with E-state index in [1.807, 2.05) is 36.4 Å². The Morgan fingerprint density at radius 1 is 1.06 bits per heavy atom. The van der Waals surface area contributed by atoms with Crippen molar-refractivity contribution in [3.63, 3.8) is 0 Å². The summed E-state index contributed by atoms with van der Waals surface area (Å²) in [4.78, 5) is 12.1. The highest BCUT2D eigenvalue weighted by Gasteiger charge is 2.40. The molecule has 0 atom stereocenters. The van der Waals surface area contributed by atoms with Gasteiger partial charge in [0.25, 0.3) is 0 Å². The summed E-state index contributed by atoms with van der Waals surface area (Å²) in [5.74, 6) is 0.696. The third-order valence-corrected chi connectivity index (χ3v) is 6.50. The molecule has 2 N–H and O–H groups in total. The Morgan fingerprint density at radius 2 is 1.79 bits per heavy atom. The Kier molecular flexibility index (Phi) is 6.17. The van der Waals surface area contributed by atoms with Crippen molar-refractivity contribution in [2.45, 2.75) is 62.9 Å². The maximum absolute atomic E-state index is 12.1. The van der Waals surface area contributed by atoms with E-state index in [0.29, 0.717) is 44.9 Å². The second kappa shape index (κ2) is 9.23. The lowest BCUT2D eigenvalue weighted by molar-refractivity contribution is -0.145. The molecule has 0 bridgehead atoms. The number of rotatable bonds is 10. The minimum Gasteiger partial charge on any atom is -0.497 e. The van der Waals surface area contributed by atoms with E-state index in [-0.39, 0.29) is 0 Å². The Labute approximate surface area is 194 Å². The molecule has 2 aromatic carbocycles. The van der Waals surface area contributed by atoms with Crippen molar-refractivity contribution in [2.75, 3.05) is 25.6 Å². The monoisotopic (exact) mass is 453 g/mol. The van der Waals surface area contributed by atoms with Crippen LogP contribution >= 0.6 is 0 Å². The molecule has 1 heterocycles. The second-order valence-electron chi connectivity index (χ2n) is 9.22. The molecular weight excluding hydrogens is 422 g/mol. The molecule has 1 aliphatic heterocycles. The van der Waals surface area contributed by atoms with Crippen LogP contribution < -0.4 is 14.8 Å². The van der Waals surface area contributed by atoms with Crippen LogP contribution in [0.5, 0.6) is 11.5 Å². The van der Waals surface area contributed by atoms with Gasteiger partial charge in [-0.05, 0) is 66.6 Å². The summed E-state index contributed by atoms with van der Waals surface area (Å²) < 4.78 is 23.0. The van der Waals surface area contributed by atoms with Crippen molar-refractivity contribution in [2.24, 2.45) is 0 Å². The molecule has 33 heavy (non-hydrogen) atoms. The lowest BCUT2D eigenvalue weighted by Gasteiger charge is -2.35. The van der Waals surface area contributed by atoms with Crippen LogP contribution in [-0.2, 0) is 20.9 Å². The quantitative estimate of drug-likeness (QED) is 0.542. The minimum absolute atomic E-state index is 0.292. The second-order valence-corrected chi connectivity index (χ2v) is 9.22. The lowest BCUT2D eigenvalue weighted by Crippen LogP contribution is -2.50. The minimum atomic E-state index is -1.02. The van der Waals surface area contributed by atoms with Crippen LogP contribution in [0.3, 0.4) is 0 Å². The number of ether oxygens (including phenoxy) is 4. The molecule has 1 saturated heterocycles. The average Bonchev–Trinajstić information content (AvgIpc) is 3.74. The van der Waals surface area contributed by atoms with Crippen LogP contribution in [0.4, 0.5) is 5.69 Å². The van der Waals surface area contributed by atoms with E-state index in [4.69, 9.17) is 18.9 Å². The standard InChI is InChI=1S/C26H31NO6/c1-30-22-13-17(14-23(15-22)33-21-5-6-21)24-7-2-19(12-18(24)16-32-20-3-4-20)27-26(25(28)29)8-10-31-11-9-26/h2,7,12-15,20-21,27H,3-6,8-11,16H2,1H3,(H,28,29). The molecule has 7 nitrogen and oxygen atoms in total. The van der Waals surface area contributed by atoms with Gasteiger partial charge in [0.2, 0.25) is 0 Å². The molecule has 0 unspecified atom stereocenters. The van der Waals surface area contributed by atoms with E-state index in [0.717, 1.165) is 59.6 Å². The number of carbonyl (C=O) groups is 1. The SMILES string of the molecule is COc1cc(OC2CC2)cc(-c2ccc(NC3(C(=O)O)CCOCC3)cc2COC2CC2)c1. The molecule has 3 aliphatic rings. The molecule has 5 rings (SSSR count). The predicted octanol–water partition coefficient (Wildman–Crippen LogP) is 4.63. The number of anilines is 1. The van der Waals surface area contributed by atoms with Gasteiger partial charge in [-0.25, -0.2) is 4.79 Å². The molecule has 3 fully saturated rings. The topological polar surface area (TPSA) is 86.3 Å². The predicted molar refractivity (Wildman–Crippen MR) is 124 cm³/mol. The maximum Gasteiger partial charge on any atom is 0.329 e. The summed E-state index contributed by atoms with van der Waals surface area (Å²) in [6.45, 7) is 1.33. The third kappa shape index (κ3) is 5.25. The first-order valence-corrected chi connectivity index (χ1v) is 11.7. The van der Waals surface area contributed by atoms with Crippen LogP contribution in [-0.4, -0.2) is 49.1 Å². The van der Waals surface area contributed by atoms with E-state index in [1.165, 1.54) is 0 Å². The number of carboxylic acid groups (broad SMARTS) is 1. The highest BCUT2D eigenvalue weighted by Crippen LogP contribution is 2.37. The van der Waals surface area contributed by atoms with Crippen LogP contribution in [0.15, 0.2) is 36.4 Å². The lowest BCUT2D eigenvalue weighted by atomic mass is 9.89. The van der Waals surface area contributed by atoms with E-state index in [9.17, 15) is 9.90 Å². The van der Waals surface area contributed by atoms with Gasteiger partial charge in [0.05, 0.1) is 25.9 Å². The number of benzene rings is 2. The summed E-state index contributed by atoms with van der Waals surface area (Å²) in [6, 6.07) is 11.9. The van der Waals surface area contributed by atoms with Crippen LogP contribution in [0.25, 0.3) is 11.1 Å². The molecule has 0 amide bonds. The van der Waals surface area contributed by atoms with Gasteiger partial charge in [0.15, 0.2) is 0 Å².